The van der Waals surface area contributed by atoms with Crippen molar-refractivity contribution in [1.82, 2.24) is 4.90 Å². The molecule has 0 aliphatic heterocycles. The summed E-state index contributed by atoms with van der Waals surface area (Å²) in [6, 6.07) is 8.24. The van der Waals surface area contributed by atoms with Crippen LogP contribution in [-0.4, -0.2) is 35.9 Å². The fraction of sp³-hybridized carbons (Fsp3) is 0.625. The molecule has 19 heavy (non-hydrogen) atoms. The van der Waals surface area contributed by atoms with Crippen LogP contribution in [0.5, 0.6) is 0 Å². The zero-order chi connectivity index (χ0) is 14.1. The van der Waals surface area contributed by atoms with E-state index >= 15 is 0 Å². The molecule has 0 saturated carbocycles. The van der Waals surface area contributed by atoms with Gasteiger partial charge in [0.15, 0.2) is 0 Å². The average molecular weight is 281 g/mol. The second-order valence-electron chi connectivity index (χ2n) is 4.87. The van der Waals surface area contributed by atoms with E-state index in [1.165, 1.54) is 17.7 Å². The van der Waals surface area contributed by atoms with Gasteiger partial charge in [0.2, 0.25) is 0 Å². The number of rotatable bonds is 9. The molecule has 0 radical (unpaired) electrons. The maximum atomic E-state index is 10.2. The van der Waals surface area contributed by atoms with Crippen molar-refractivity contribution in [3.05, 3.63) is 29.8 Å². The normalized spacial score (nSPS) is 12.9. The lowest BCUT2D eigenvalue weighted by Crippen LogP contribution is -2.26. The molecule has 0 heterocycles. The Labute approximate surface area is 122 Å². The van der Waals surface area contributed by atoms with Crippen LogP contribution >= 0.6 is 11.8 Å². The number of hydrogen-bond acceptors (Lipinski definition) is 3. The summed E-state index contributed by atoms with van der Waals surface area (Å²) in [4.78, 5) is 3.66. The summed E-state index contributed by atoms with van der Waals surface area (Å²) in [6.07, 6.45) is 5.02. The Morgan fingerprint density at radius 2 is 1.84 bits per heavy atom. The summed E-state index contributed by atoms with van der Waals surface area (Å²) in [5.41, 5.74) is 1.03. The zero-order valence-corrected chi connectivity index (χ0v) is 13.2. The van der Waals surface area contributed by atoms with Gasteiger partial charge in [-0.2, -0.15) is 0 Å². The van der Waals surface area contributed by atoms with Gasteiger partial charge in [0.25, 0.3) is 0 Å². The summed E-state index contributed by atoms with van der Waals surface area (Å²) < 4.78 is 0. The number of thioether (sulfide) groups is 1. The van der Waals surface area contributed by atoms with Crippen LogP contribution in [0.15, 0.2) is 29.2 Å². The summed E-state index contributed by atoms with van der Waals surface area (Å²) >= 11 is 1.73. The molecule has 0 fully saturated rings. The summed E-state index contributed by atoms with van der Waals surface area (Å²) in [5.74, 6) is 0. The van der Waals surface area contributed by atoms with Crippen molar-refractivity contribution in [2.45, 2.75) is 44.1 Å². The molecule has 0 bridgehead atoms. The highest BCUT2D eigenvalue weighted by Gasteiger charge is 2.10. The molecule has 0 aliphatic rings. The van der Waals surface area contributed by atoms with Gasteiger partial charge in [-0.15, -0.1) is 11.8 Å². The third kappa shape index (κ3) is 5.98. The first-order valence-corrected chi connectivity index (χ1v) is 8.48. The lowest BCUT2D eigenvalue weighted by atomic mass is 10.1. The van der Waals surface area contributed by atoms with Gasteiger partial charge < -0.3 is 10.0 Å². The monoisotopic (exact) mass is 281 g/mol. The first-order chi connectivity index (χ1) is 9.21. The molecule has 2 nitrogen and oxygen atoms in total. The fourth-order valence-corrected chi connectivity index (χ4v) is 2.52. The Morgan fingerprint density at radius 1 is 1.16 bits per heavy atom. The van der Waals surface area contributed by atoms with Crippen molar-refractivity contribution in [1.29, 1.82) is 0 Å². The Morgan fingerprint density at radius 3 is 2.37 bits per heavy atom. The first-order valence-electron chi connectivity index (χ1n) is 7.25. The standard InChI is InChI=1S/C16H27NOS/c1-4-6-12-17(5-2)13-11-16(18)14-7-9-15(19-3)10-8-14/h7-10,16,18H,4-6,11-13H2,1-3H3. The Balaban J connectivity index is 2.42. The number of benzene rings is 1. The van der Waals surface area contributed by atoms with E-state index in [9.17, 15) is 5.11 Å². The zero-order valence-electron chi connectivity index (χ0n) is 12.4. The van der Waals surface area contributed by atoms with Crippen LogP contribution in [0, 0.1) is 0 Å². The second-order valence-corrected chi connectivity index (χ2v) is 5.75. The third-order valence-electron chi connectivity index (χ3n) is 3.49. The molecule has 1 rings (SSSR count). The van der Waals surface area contributed by atoms with E-state index in [1.54, 1.807) is 11.8 Å². The minimum atomic E-state index is -0.341. The summed E-state index contributed by atoms with van der Waals surface area (Å²) in [6.45, 7) is 7.59. The molecule has 1 N–H and O–H groups in total. The van der Waals surface area contributed by atoms with Gasteiger partial charge in [0.1, 0.15) is 0 Å². The summed E-state index contributed by atoms with van der Waals surface area (Å²) in [7, 11) is 0. The van der Waals surface area contributed by atoms with Gasteiger partial charge >= 0.3 is 0 Å². The van der Waals surface area contributed by atoms with Gasteiger partial charge in [-0.1, -0.05) is 32.4 Å². The number of aliphatic hydroxyl groups is 1. The fourth-order valence-electron chi connectivity index (χ4n) is 2.11. The molecule has 0 aromatic heterocycles. The minimum absolute atomic E-state index is 0.341. The van der Waals surface area contributed by atoms with Gasteiger partial charge in [-0.05, 0) is 49.9 Å². The van der Waals surface area contributed by atoms with Crippen LogP contribution in [0.2, 0.25) is 0 Å². The smallest absolute Gasteiger partial charge is 0.0802 e. The highest BCUT2D eigenvalue weighted by atomic mass is 32.2. The molecule has 0 spiro atoms. The number of hydrogen-bond donors (Lipinski definition) is 1. The Bertz CT molecular complexity index is 339. The van der Waals surface area contributed by atoms with Gasteiger partial charge in [0.05, 0.1) is 6.10 Å². The quantitative estimate of drug-likeness (QED) is 0.693. The molecule has 108 valence electrons. The minimum Gasteiger partial charge on any atom is -0.388 e. The van der Waals surface area contributed by atoms with E-state index in [2.05, 4.69) is 37.1 Å². The highest BCUT2D eigenvalue weighted by Crippen LogP contribution is 2.21. The molecule has 0 aliphatic carbocycles. The van der Waals surface area contributed by atoms with Gasteiger partial charge in [-0.3, -0.25) is 0 Å². The average Bonchev–Trinajstić information content (AvgIpc) is 2.47. The van der Waals surface area contributed by atoms with Crippen LogP contribution in [-0.2, 0) is 0 Å². The van der Waals surface area contributed by atoms with Crippen LogP contribution in [0.4, 0.5) is 0 Å². The van der Waals surface area contributed by atoms with Gasteiger partial charge in [0, 0.05) is 11.4 Å². The van der Waals surface area contributed by atoms with Crippen molar-refractivity contribution >= 4 is 11.8 Å². The van der Waals surface area contributed by atoms with Crippen LogP contribution in [0.3, 0.4) is 0 Å². The molecule has 1 unspecified atom stereocenters. The van der Waals surface area contributed by atoms with E-state index in [4.69, 9.17) is 0 Å². The van der Waals surface area contributed by atoms with E-state index in [0.717, 1.165) is 31.6 Å². The van der Waals surface area contributed by atoms with E-state index in [0.29, 0.717) is 0 Å². The molecular formula is C16H27NOS. The Kier molecular flexibility index (Phi) is 8.19. The second kappa shape index (κ2) is 9.40. The molecule has 1 aromatic rings. The number of unbranched alkanes of at least 4 members (excludes halogenated alkanes) is 1. The van der Waals surface area contributed by atoms with Crippen LogP contribution in [0.1, 0.15) is 44.8 Å². The molecule has 0 saturated heterocycles. The lowest BCUT2D eigenvalue weighted by Gasteiger charge is -2.22. The van der Waals surface area contributed by atoms with Crippen molar-refractivity contribution in [3.8, 4) is 0 Å². The SMILES string of the molecule is CCCCN(CC)CCC(O)c1ccc(SC)cc1. The number of nitrogens with zero attached hydrogens (tertiary/aromatic N) is 1. The topological polar surface area (TPSA) is 23.5 Å². The van der Waals surface area contributed by atoms with Gasteiger partial charge in [-0.25, -0.2) is 0 Å². The van der Waals surface area contributed by atoms with E-state index in [1.807, 2.05) is 12.1 Å². The van der Waals surface area contributed by atoms with Crippen LogP contribution in [0.25, 0.3) is 0 Å². The third-order valence-corrected chi connectivity index (χ3v) is 4.24. The number of aliphatic hydroxyl groups excluding tert-OH is 1. The van der Waals surface area contributed by atoms with E-state index < -0.39 is 0 Å². The maximum Gasteiger partial charge on any atom is 0.0802 e. The largest absolute Gasteiger partial charge is 0.388 e. The first kappa shape index (κ1) is 16.5. The summed E-state index contributed by atoms with van der Waals surface area (Å²) in [5, 5.41) is 10.2. The lowest BCUT2D eigenvalue weighted by molar-refractivity contribution is 0.143. The van der Waals surface area contributed by atoms with E-state index in [-0.39, 0.29) is 6.10 Å². The van der Waals surface area contributed by atoms with Crippen molar-refractivity contribution < 1.29 is 5.11 Å². The predicted octanol–water partition coefficient (Wildman–Crippen LogP) is 3.95. The van der Waals surface area contributed by atoms with Crippen LogP contribution < -0.4 is 0 Å². The molecular weight excluding hydrogens is 254 g/mol. The van der Waals surface area contributed by atoms with Crippen molar-refractivity contribution in [2.24, 2.45) is 0 Å². The predicted molar refractivity (Wildman–Crippen MR) is 84.8 cm³/mol. The molecule has 0 amide bonds. The Hall–Kier alpha value is -0.510. The maximum absolute atomic E-state index is 10.2. The van der Waals surface area contributed by atoms with Crippen molar-refractivity contribution in [3.63, 3.8) is 0 Å². The molecule has 3 heteroatoms. The highest BCUT2D eigenvalue weighted by molar-refractivity contribution is 7.98. The molecule has 1 atom stereocenters. The van der Waals surface area contributed by atoms with Crippen molar-refractivity contribution in [2.75, 3.05) is 25.9 Å². The molecule has 1 aromatic carbocycles.